The summed E-state index contributed by atoms with van der Waals surface area (Å²) in [6.45, 7) is 15.9. The first-order valence-corrected chi connectivity index (χ1v) is 7.58. The molecule has 18 heavy (non-hydrogen) atoms. The fourth-order valence-electron chi connectivity index (χ4n) is 5.15. The van der Waals surface area contributed by atoms with Crippen LogP contribution in [-0.4, -0.2) is 6.04 Å². The lowest BCUT2D eigenvalue weighted by Crippen LogP contribution is -2.54. The van der Waals surface area contributed by atoms with E-state index in [1.165, 1.54) is 25.7 Å². The average molecular weight is 249 g/mol. The van der Waals surface area contributed by atoms with Crippen LogP contribution in [0.1, 0.15) is 60.3 Å². The van der Waals surface area contributed by atoms with E-state index in [-0.39, 0.29) is 16.9 Å². The van der Waals surface area contributed by atoms with Gasteiger partial charge in [-0.2, -0.15) is 0 Å². The van der Waals surface area contributed by atoms with E-state index >= 15 is 0 Å². The molecule has 2 aliphatic carbocycles. The van der Waals surface area contributed by atoms with Crippen LogP contribution in [0.25, 0.3) is 0 Å². The van der Waals surface area contributed by atoms with Gasteiger partial charge >= 0.3 is 0 Å². The van der Waals surface area contributed by atoms with Gasteiger partial charge in [0.05, 0.1) is 0 Å². The van der Waals surface area contributed by atoms with Gasteiger partial charge in [0.15, 0.2) is 0 Å². The van der Waals surface area contributed by atoms with Crippen LogP contribution in [0.15, 0.2) is 12.7 Å². The van der Waals surface area contributed by atoms with Crippen molar-refractivity contribution in [3.8, 4) is 0 Å². The van der Waals surface area contributed by atoms with Gasteiger partial charge in [0.1, 0.15) is 0 Å². The lowest BCUT2D eigenvalue weighted by atomic mass is 9.56. The molecule has 2 aliphatic rings. The molecule has 0 heterocycles. The average Bonchev–Trinajstić information content (AvgIpc) is 2.73. The van der Waals surface area contributed by atoms with Crippen molar-refractivity contribution in [2.75, 3.05) is 0 Å². The molecule has 1 nitrogen and oxygen atoms in total. The van der Waals surface area contributed by atoms with Crippen LogP contribution in [0.4, 0.5) is 0 Å². The Hall–Kier alpha value is -0.300. The summed E-state index contributed by atoms with van der Waals surface area (Å²) in [4.78, 5) is 0. The summed E-state index contributed by atoms with van der Waals surface area (Å²) in [6.07, 6.45) is 7.50. The molecule has 104 valence electrons. The topological polar surface area (TPSA) is 26.0 Å². The zero-order valence-electron chi connectivity index (χ0n) is 12.9. The van der Waals surface area contributed by atoms with Crippen molar-refractivity contribution in [3.63, 3.8) is 0 Å². The summed E-state index contributed by atoms with van der Waals surface area (Å²) in [6, 6.07) is 0.211. The van der Waals surface area contributed by atoms with Crippen LogP contribution in [0.2, 0.25) is 0 Å². The molecule has 2 fully saturated rings. The minimum Gasteiger partial charge on any atom is -0.326 e. The third-order valence-electron chi connectivity index (χ3n) is 6.41. The number of fused-ring (bicyclic) bond motifs is 1. The Balaban J connectivity index is 2.43. The highest BCUT2D eigenvalue weighted by Crippen LogP contribution is 2.68. The molecular formula is C17H31N. The van der Waals surface area contributed by atoms with E-state index < -0.39 is 0 Å². The molecule has 2 rings (SSSR count). The number of nitrogens with two attached hydrogens (primary N) is 1. The van der Waals surface area contributed by atoms with Crippen LogP contribution in [-0.2, 0) is 0 Å². The van der Waals surface area contributed by atoms with Gasteiger partial charge in [0.25, 0.3) is 0 Å². The molecule has 0 spiro atoms. The highest BCUT2D eigenvalue weighted by molar-refractivity contribution is 5.20. The standard InChI is InChI=1S/C17H31N/c1-7-17(14(18)15(3,4)5)11-9-13-12(2)8-10-16(13,17)6/h7,12-14H,1,8-11,18H2,2-6H3/t12-,13?,14-,16?,17?/m0/s1. The third kappa shape index (κ3) is 1.62. The maximum absolute atomic E-state index is 6.72. The highest BCUT2D eigenvalue weighted by atomic mass is 14.8. The number of hydrogen-bond acceptors (Lipinski definition) is 1. The van der Waals surface area contributed by atoms with E-state index in [2.05, 4.69) is 47.3 Å². The first-order chi connectivity index (χ1) is 8.19. The number of hydrogen-bond donors (Lipinski definition) is 1. The fraction of sp³-hybridized carbons (Fsp3) is 0.882. The van der Waals surface area contributed by atoms with E-state index in [9.17, 15) is 0 Å². The van der Waals surface area contributed by atoms with Crippen LogP contribution < -0.4 is 5.73 Å². The Labute approximate surface area is 113 Å². The van der Waals surface area contributed by atoms with Crippen molar-refractivity contribution >= 4 is 0 Å². The van der Waals surface area contributed by atoms with Gasteiger partial charge in [-0.3, -0.25) is 0 Å². The quantitative estimate of drug-likeness (QED) is 0.722. The minimum atomic E-state index is 0.140. The Morgan fingerprint density at radius 1 is 1.28 bits per heavy atom. The Kier molecular flexibility index (Phi) is 3.21. The van der Waals surface area contributed by atoms with Crippen LogP contribution in [0.3, 0.4) is 0 Å². The van der Waals surface area contributed by atoms with Gasteiger partial charge in [-0.15, -0.1) is 6.58 Å². The SMILES string of the molecule is C=CC1([C@@H](N)C(C)(C)C)CCC2[C@@H](C)CCC21C. The molecule has 0 saturated heterocycles. The molecular weight excluding hydrogens is 218 g/mol. The number of rotatable bonds is 2. The fourth-order valence-corrected chi connectivity index (χ4v) is 5.15. The zero-order chi connectivity index (χ0) is 13.8. The van der Waals surface area contributed by atoms with Crippen LogP contribution in [0, 0.1) is 28.1 Å². The predicted molar refractivity (Wildman–Crippen MR) is 79.3 cm³/mol. The monoisotopic (exact) mass is 249 g/mol. The Bertz CT molecular complexity index is 340. The molecule has 0 radical (unpaired) electrons. The lowest BCUT2D eigenvalue weighted by Gasteiger charge is -2.50. The van der Waals surface area contributed by atoms with E-state index in [4.69, 9.17) is 5.73 Å². The zero-order valence-corrected chi connectivity index (χ0v) is 12.9. The summed E-state index contributed by atoms with van der Waals surface area (Å²) in [5.41, 5.74) is 7.38. The molecule has 0 bridgehead atoms. The normalized spacial score (nSPS) is 45.9. The lowest BCUT2D eigenvalue weighted by molar-refractivity contribution is 0.0412. The maximum Gasteiger partial charge on any atom is 0.0185 e. The molecule has 2 saturated carbocycles. The Morgan fingerprint density at radius 2 is 1.89 bits per heavy atom. The molecule has 0 amide bonds. The van der Waals surface area contributed by atoms with E-state index in [0.29, 0.717) is 5.41 Å². The second-order valence-electron chi connectivity index (χ2n) is 8.17. The second kappa shape index (κ2) is 4.10. The summed E-state index contributed by atoms with van der Waals surface area (Å²) >= 11 is 0. The van der Waals surface area contributed by atoms with Gasteiger partial charge in [0.2, 0.25) is 0 Å². The van der Waals surface area contributed by atoms with Crippen molar-refractivity contribution in [2.24, 2.45) is 33.8 Å². The molecule has 0 aliphatic heterocycles. The molecule has 2 N–H and O–H groups in total. The van der Waals surface area contributed by atoms with Crippen LogP contribution in [0.5, 0.6) is 0 Å². The van der Waals surface area contributed by atoms with Crippen molar-refractivity contribution in [1.82, 2.24) is 0 Å². The summed E-state index contributed by atoms with van der Waals surface area (Å²) < 4.78 is 0. The van der Waals surface area contributed by atoms with E-state index in [1.54, 1.807) is 0 Å². The summed E-state index contributed by atoms with van der Waals surface area (Å²) in [5.74, 6) is 1.72. The van der Waals surface area contributed by atoms with E-state index in [0.717, 1.165) is 11.8 Å². The predicted octanol–water partition coefficient (Wildman–Crippen LogP) is 4.38. The molecule has 0 aromatic heterocycles. The summed E-state index contributed by atoms with van der Waals surface area (Å²) in [7, 11) is 0. The molecule has 5 atom stereocenters. The highest BCUT2D eigenvalue weighted by Gasteiger charge is 2.62. The van der Waals surface area contributed by atoms with Crippen molar-refractivity contribution in [2.45, 2.75) is 66.3 Å². The minimum absolute atomic E-state index is 0.140. The molecule has 0 aromatic rings. The summed E-state index contributed by atoms with van der Waals surface area (Å²) in [5, 5.41) is 0. The van der Waals surface area contributed by atoms with Gasteiger partial charge in [-0.05, 0) is 48.3 Å². The second-order valence-corrected chi connectivity index (χ2v) is 8.17. The Morgan fingerprint density at radius 3 is 2.39 bits per heavy atom. The van der Waals surface area contributed by atoms with Crippen molar-refractivity contribution in [1.29, 1.82) is 0 Å². The van der Waals surface area contributed by atoms with Crippen molar-refractivity contribution < 1.29 is 0 Å². The van der Waals surface area contributed by atoms with Gasteiger partial charge in [-0.25, -0.2) is 0 Å². The van der Waals surface area contributed by atoms with Gasteiger partial charge < -0.3 is 5.73 Å². The smallest absolute Gasteiger partial charge is 0.0185 e. The first-order valence-electron chi connectivity index (χ1n) is 7.58. The van der Waals surface area contributed by atoms with Gasteiger partial charge in [0, 0.05) is 11.5 Å². The maximum atomic E-state index is 6.72. The molecule has 1 heteroatoms. The third-order valence-corrected chi connectivity index (χ3v) is 6.41. The largest absolute Gasteiger partial charge is 0.326 e. The molecule has 3 unspecified atom stereocenters. The van der Waals surface area contributed by atoms with Gasteiger partial charge in [-0.1, -0.05) is 40.7 Å². The van der Waals surface area contributed by atoms with E-state index in [1.807, 2.05) is 0 Å². The van der Waals surface area contributed by atoms with Crippen molar-refractivity contribution in [3.05, 3.63) is 12.7 Å². The first kappa shape index (κ1) is 14.1. The van der Waals surface area contributed by atoms with Crippen LogP contribution >= 0.6 is 0 Å². The molecule has 0 aromatic carbocycles.